The molecular weight excluding hydrogens is 298 g/mol. The minimum absolute atomic E-state index is 0.0217. The van der Waals surface area contributed by atoms with Crippen LogP contribution >= 0.6 is 11.3 Å². The van der Waals surface area contributed by atoms with Crippen LogP contribution < -0.4 is 5.32 Å². The van der Waals surface area contributed by atoms with E-state index in [0.29, 0.717) is 15.7 Å². The third-order valence-corrected chi connectivity index (χ3v) is 4.92. The molecule has 1 saturated carbocycles. The highest BCUT2D eigenvalue weighted by Gasteiger charge is 2.23. The summed E-state index contributed by atoms with van der Waals surface area (Å²) in [7, 11) is 0. The molecule has 1 amide bonds. The average Bonchev–Trinajstić information content (AvgIpc) is 3.13. The largest absolute Gasteiger partial charge is 0.472 e. The van der Waals surface area contributed by atoms with Crippen molar-refractivity contribution in [3.63, 3.8) is 0 Å². The van der Waals surface area contributed by atoms with Crippen LogP contribution in [0.1, 0.15) is 42.5 Å². The fourth-order valence-electron chi connectivity index (χ4n) is 2.81. The van der Waals surface area contributed by atoms with Crippen LogP contribution in [0.5, 0.6) is 0 Å². The standard InChI is InChI=1S/C16H17N3O2S/c1-10-8-21-9-12(10)14-13(7-17)22-16(18-14)19-15(20)11-5-3-2-4-6-11/h8-9,11H,2-6H2,1H3,(H,18,19,20). The first-order valence-corrected chi connectivity index (χ1v) is 8.25. The summed E-state index contributed by atoms with van der Waals surface area (Å²) in [6, 6.07) is 2.15. The predicted octanol–water partition coefficient (Wildman–Crippen LogP) is 4.10. The van der Waals surface area contributed by atoms with E-state index < -0.39 is 0 Å². The number of rotatable bonds is 3. The highest BCUT2D eigenvalue weighted by Crippen LogP contribution is 2.33. The molecule has 0 aromatic carbocycles. The van der Waals surface area contributed by atoms with Crippen LogP contribution in [0.3, 0.4) is 0 Å². The van der Waals surface area contributed by atoms with E-state index in [1.165, 1.54) is 17.8 Å². The van der Waals surface area contributed by atoms with Crippen molar-refractivity contribution in [1.29, 1.82) is 5.26 Å². The fourth-order valence-corrected chi connectivity index (χ4v) is 3.59. The lowest BCUT2D eigenvalue weighted by molar-refractivity contribution is -0.120. The van der Waals surface area contributed by atoms with Gasteiger partial charge in [-0.2, -0.15) is 5.26 Å². The molecule has 0 radical (unpaired) electrons. The number of carbonyl (C=O) groups is 1. The number of nitrogens with zero attached hydrogens (tertiary/aromatic N) is 2. The summed E-state index contributed by atoms with van der Waals surface area (Å²) in [5.74, 6) is 0.0932. The molecule has 5 nitrogen and oxygen atoms in total. The maximum Gasteiger partial charge on any atom is 0.229 e. The molecule has 0 spiro atoms. The van der Waals surface area contributed by atoms with Gasteiger partial charge in [0.15, 0.2) is 5.13 Å². The van der Waals surface area contributed by atoms with Crippen LogP contribution in [-0.4, -0.2) is 10.9 Å². The molecule has 22 heavy (non-hydrogen) atoms. The van der Waals surface area contributed by atoms with E-state index in [2.05, 4.69) is 16.4 Å². The van der Waals surface area contributed by atoms with Crippen molar-refractivity contribution < 1.29 is 9.21 Å². The van der Waals surface area contributed by atoms with Crippen molar-refractivity contribution >= 4 is 22.4 Å². The van der Waals surface area contributed by atoms with Crippen LogP contribution in [0.15, 0.2) is 16.9 Å². The van der Waals surface area contributed by atoms with Gasteiger partial charge in [0.05, 0.1) is 12.5 Å². The van der Waals surface area contributed by atoms with Gasteiger partial charge in [-0.1, -0.05) is 30.6 Å². The number of nitrogens with one attached hydrogen (secondary N) is 1. The number of carbonyl (C=O) groups excluding carboxylic acids is 1. The molecule has 2 heterocycles. The van der Waals surface area contributed by atoms with Crippen LogP contribution in [0, 0.1) is 24.2 Å². The number of aromatic nitrogens is 1. The fraction of sp³-hybridized carbons (Fsp3) is 0.438. The van der Waals surface area contributed by atoms with Gasteiger partial charge in [0, 0.05) is 11.5 Å². The molecule has 3 rings (SSSR count). The molecule has 6 heteroatoms. The first-order chi connectivity index (χ1) is 10.7. The second kappa shape index (κ2) is 6.32. The smallest absolute Gasteiger partial charge is 0.229 e. The Kier molecular flexibility index (Phi) is 4.25. The number of hydrogen-bond acceptors (Lipinski definition) is 5. The summed E-state index contributed by atoms with van der Waals surface area (Å²) < 4.78 is 5.15. The third kappa shape index (κ3) is 2.90. The zero-order valence-electron chi connectivity index (χ0n) is 12.4. The lowest BCUT2D eigenvalue weighted by Crippen LogP contribution is -2.24. The second-order valence-electron chi connectivity index (χ2n) is 5.60. The Morgan fingerprint density at radius 3 is 2.82 bits per heavy atom. The first-order valence-electron chi connectivity index (χ1n) is 7.44. The van der Waals surface area contributed by atoms with Gasteiger partial charge in [-0.15, -0.1) is 0 Å². The minimum Gasteiger partial charge on any atom is -0.472 e. The third-order valence-electron chi connectivity index (χ3n) is 4.05. The molecule has 0 aliphatic heterocycles. The number of hydrogen-bond donors (Lipinski definition) is 1. The van der Waals surface area contributed by atoms with Crippen LogP contribution in [0.25, 0.3) is 11.3 Å². The quantitative estimate of drug-likeness (QED) is 0.924. The number of nitriles is 1. The van der Waals surface area contributed by atoms with Crippen molar-refractivity contribution in [2.75, 3.05) is 5.32 Å². The SMILES string of the molecule is Cc1cocc1-c1nc(NC(=O)C2CCCCC2)sc1C#N. The number of thiazole rings is 1. The van der Waals surface area contributed by atoms with Gasteiger partial charge in [-0.3, -0.25) is 4.79 Å². The summed E-state index contributed by atoms with van der Waals surface area (Å²) in [5, 5.41) is 12.6. The molecule has 2 aromatic rings. The number of furan rings is 1. The lowest BCUT2D eigenvalue weighted by Gasteiger charge is -2.19. The Hall–Kier alpha value is -2.13. The summed E-state index contributed by atoms with van der Waals surface area (Å²) in [6.45, 7) is 1.90. The van der Waals surface area contributed by atoms with E-state index in [4.69, 9.17) is 4.42 Å². The van der Waals surface area contributed by atoms with Crippen molar-refractivity contribution in [2.24, 2.45) is 5.92 Å². The van der Waals surface area contributed by atoms with Crippen LogP contribution in [-0.2, 0) is 4.79 Å². The van der Waals surface area contributed by atoms with Crippen LogP contribution in [0.4, 0.5) is 5.13 Å². The van der Waals surface area contributed by atoms with Crippen molar-refractivity contribution in [2.45, 2.75) is 39.0 Å². The van der Waals surface area contributed by atoms with E-state index in [9.17, 15) is 10.1 Å². The Bertz CT molecular complexity index is 720. The Morgan fingerprint density at radius 2 is 2.18 bits per heavy atom. The zero-order valence-corrected chi connectivity index (χ0v) is 13.2. The van der Waals surface area contributed by atoms with Gasteiger partial charge in [0.2, 0.25) is 5.91 Å². The van der Waals surface area contributed by atoms with Gasteiger partial charge >= 0.3 is 0 Å². The van der Waals surface area contributed by atoms with E-state index in [0.717, 1.165) is 36.8 Å². The predicted molar refractivity (Wildman–Crippen MR) is 84.5 cm³/mol. The number of amides is 1. The van der Waals surface area contributed by atoms with E-state index in [-0.39, 0.29) is 11.8 Å². The molecule has 0 bridgehead atoms. The maximum atomic E-state index is 12.3. The van der Waals surface area contributed by atoms with Gasteiger partial charge in [-0.05, 0) is 25.3 Å². The molecule has 0 saturated heterocycles. The normalized spacial score (nSPS) is 15.5. The van der Waals surface area contributed by atoms with Gasteiger partial charge < -0.3 is 9.73 Å². The first kappa shape index (κ1) is 14.8. The van der Waals surface area contributed by atoms with Crippen molar-refractivity contribution in [3.05, 3.63) is 23.0 Å². The maximum absolute atomic E-state index is 12.3. The van der Waals surface area contributed by atoms with Gasteiger partial charge in [-0.25, -0.2) is 4.98 Å². The molecule has 0 atom stereocenters. The molecular formula is C16H17N3O2S. The topological polar surface area (TPSA) is 78.9 Å². The number of anilines is 1. The van der Waals surface area contributed by atoms with Crippen molar-refractivity contribution in [3.8, 4) is 17.3 Å². The monoisotopic (exact) mass is 315 g/mol. The molecule has 2 aromatic heterocycles. The minimum atomic E-state index is 0.0217. The van der Waals surface area contributed by atoms with E-state index in [1.807, 2.05) is 6.92 Å². The summed E-state index contributed by atoms with van der Waals surface area (Å²) in [6.07, 6.45) is 8.52. The molecule has 114 valence electrons. The zero-order chi connectivity index (χ0) is 15.5. The molecule has 1 N–H and O–H groups in total. The van der Waals surface area contributed by atoms with Crippen LogP contribution in [0.2, 0.25) is 0 Å². The summed E-state index contributed by atoms with van der Waals surface area (Å²) >= 11 is 1.21. The highest BCUT2D eigenvalue weighted by molar-refractivity contribution is 7.16. The Balaban J connectivity index is 1.81. The molecule has 1 aliphatic carbocycles. The highest BCUT2D eigenvalue weighted by atomic mass is 32.1. The average molecular weight is 315 g/mol. The summed E-state index contributed by atoms with van der Waals surface area (Å²) in [4.78, 5) is 17.2. The van der Waals surface area contributed by atoms with E-state index >= 15 is 0 Å². The van der Waals surface area contributed by atoms with Crippen molar-refractivity contribution in [1.82, 2.24) is 4.98 Å². The molecule has 0 unspecified atom stereocenters. The molecule has 1 aliphatic rings. The second-order valence-corrected chi connectivity index (χ2v) is 6.60. The number of aryl methyl sites for hydroxylation is 1. The molecule has 1 fully saturated rings. The van der Waals surface area contributed by atoms with E-state index in [1.54, 1.807) is 12.5 Å². The summed E-state index contributed by atoms with van der Waals surface area (Å²) in [5.41, 5.74) is 2.30. The lowest BCUT2D eigenvalue weighted by atomic mass is 9.89. The Morgan fingerprint density at radius 1 is 1.41 bits per heavy atom. The van der Waals surface area contributed by atoms with Gasteiger partial charge in [0.1, 0.15) is 16.6 Å². The van der Waals surface area contributed by atoms with Gasteiger partial charge in [0.25, 0.3) is 0 Å². The Labute approximate surface area is 133 Å².